The number of rotatable bonds is 3. The van der Waals surface area contributed by atoms with E-state index in [1.807, 2.05) is 18.2 Å². The Kier molecular flexibility index (Phi) is 4.05. The lowest BCUT2D eigenvalue weighted by atomic mass is 10.2. The van der Waals surface area contributed by atoms with E-state index in [0.29, 0.717) is 15.7 Å². The van der Waals surface area contributed by atoms with Crippen LogP contribution in [-0.2, 0) is 11.3 Å². The Labute approximate surface area is 137 Å². The van der Waals surface area contributed by atoms with Crippen molar-refractivity contribution in [2.45, 2.75) is 6.54 Å². The van der Waals surface area contributed by atoms with Crippen LogP contribution in [0.4, 0.5) is 10.5 Å². The summed E-state index contributed by atoms with van der Waals surface area (Å²) >= 11 is 11.8. The zero-order valence-electron chi connectivity index (χ0n) is 11.5. The third-order valence-electron chi connectivity index (χ3n) is 3.45. The Hall–Kier alpha value is -2.04. The predicted octanol–water partition coefficient (Wildman–Crippen LogP) is 3.96. The minimum atomic E-state index is -0.331. The Morgan fingerprint density at radius 3 is 2.36 bits per heavy atom. The molecule has 22 heavy (non-hydrogen) atoms. The molecule has 2 aromatic rings. The number of hydrogen-bond donors (Lipinski definition) is 0. The number of nitrogens with zero attached hydrogens (tertiary/aromatic N) is 2. The molecule has 6 heteroatoms. The first-order valence-corrected chi connectivity index (χ1v) is 7.42. The number of para-hydroxylation sites is 1. The lowest BCUT2D eigenvalue weighted by Crippen LogP contribution is -2.32. The summed E-state index contributed by atoms with van der Waals surface area (Å²) < 4.78 is 0. The van der Waals surface area contributed by atoms with Gasteiger partial charge < -0.3 is 0 Å². The first kappa shape index (κ1) is 14.9. The number of carbonyl (C=O) groups is 2. The van der Waals surface area contributed by atoms with Gasteiger partial charge >= 0.3 is 6.03 Å². The van der Waals surface area contributed by atoms with E-state index in [9.17, 15) is 9.59 Å². The number of imide groups is 1. The van der Waals surface area contributed by atoms with Gasteiger partial charge in [-0.05, 0) is 29.8 Å². The van der Waals surface area contributed by atoms with Crippen molar-refractivity contribution in [2.24, 2.45) is 0 Å². The van der Waals surface area contributed by atoms with Gasteiger partial charge in [0, 0.05) is 5.69 Å². The van der Waals surface area contributed by atoms with Crippen LogP contribution in [-0.4, -0.2) is 23.4 Å². The molecule has 0 aromatic heterocycles. The van der Waals surface area contributed by atoms with E-state index in [2.05, 4.69) is 0 Å². The van der Waals surface area contributed by atoms with Crippen molar-refractivity contribution >= 4 is 40.8 Å². The third-order valence-corrected chi connectivity index (χ3v) is 4.19. The summed E-state index contributed by atoms with van der Waals surface area (Å²) in [6.07, 6.45) is 0. The van der Waals surface area contributed by atoms with Crippen LogP contribution < -0.4 is 4.90 Å². The van der Waals surface area contributed by atoms with Crippen molar-refractivity contribution in [2.75, 3.05) is 11.4 Å². The third kappa shape index (κ3) is 2.80. The van der Waals surface area contributed by atoms with Crippen molar-refractivity contribution in [1.82, 2.24) is 4.90 Å². The molecule has 4 nitrogen and oxygen atoms in total. The van der Waals surface area contributed by atoms with Gasteiger partial charge in [-0.1, -0.05) is 47.5 Å². The first-order valence-electron chi connectivity index (χ1n) is 6.67. The van der Waals surface area contributed by atoms with Crippen LogP contribution in [0.5, 0.6) is 0 Å². The first-order chi connectivity index (χ1) is 10.6. The fourth-order valence-electron chi connectivity index (χ4n) is 2.33. The quantitative estimate of drug-likeness (QED) is 0.797. The normalized spacial score (nSPS) is 14.8. The minimum Gasteiger partial charge on any atom is -0.285 e. The number of halogens is 2. The monoisotopic (exact) mass is 334 g/mol. The highest BCUT2D eigenvalue weighted by molar-refractivity contribution is 6.42. The van der Waals surface area contributed by atoms with Gasteiger partial charge in [-0.3, -0.25) is 14.6 Å². The summed E-state index contributed by atoms with van der Waals surface area (Å²) in [6.45, 7) is 0.224. The van der Waals surface area contributed by atoms with Gasteiger partial charge in [0.25, 0.3) is 5.91 Å². The van der Waals surface area contributed by atoms with Crippen molar-refractivity contribution < 1.29 is 9.59 Å². The Morgan fingerprint density at radius 1 is 0.955 bits per heavy atom. The van der Waals surface area contributed by atoms with Crippen molar-refractivity contribution in [3.8, 4) is 0 Å². The highest BCUT2D eigenvalue weighted by Crippen LogP contribution is 2.26. The van der Waals surface area contributed by atoms with Crippen LogP contribution in [0.25, 0.3) is 0 Å². The molecule has 0 saturated carbocycles. The molecular weight excluding hydrogens is 323 g/mol. The van der Waals surface area contributed by atoms with Crippen LogP contribution in [0.15, 0.2) is 48.5 Å². The Balaban J connectivity index is 1.81. The second-order valence-electron chi connectivity index (χ2n) is 4.93. The lowest BCUT2D eigenvalue weighted by molar-refractivity contribution is -0.125. The smallest absolute Gasteiger partial charge is 0.285 e. The van der Waals surface area contributed by atoms with Gasteiger partial charge in [0.1, 0.15) is 6.54 Å². The molecule has 3 amide bonds. The number of anilines is 1. The molecule has 0 radical (unpaired) electrons. The molecular formula is C16H12Cl2N2O2. The van der Waals surface area contributed by atoms with E-state index in [4.69, 9.17) is 23.2 Å². The second-order valence-corrected chi connectivity index (χ2v) is 5.75. The van der Waals surface area contributed by atoms with E-state index in [-0.39, 0.29) is 25.0 Å². The van der Waals surface area contributed by atoms with Gasteiger partial charge in [0.15, 0.2) is 0 Å². The molecule has 1 aliphatic heterocycles. The number of carbonyl (C=O) groups excluding carboxylic acids is 2. The average molecular weight is 335 g/mol. The standard InChI is InChI=1S/C16H12Cl2N2O2/c17-13-7-6-11(8-14(13)18)9-20-15(21)10-19(16(20)22)12-4-2-1-3-5-12/h1-8H,9-10H2. The molecule has 0 atom stereocenters. The van der Waals surface area contributed by atoms with Crippen LogP contribution in [0.2, 0.25) is 10.0 Å². The Bertz CT molecular complexity index is 734. The zero-order valence-corrected chi connectivity index (χ0v) is 13.0. The van der Waals surface area contributed by atoms with Crippen LogP contribution in [0.3, 0.4) is 0 Å². The van der Waals surface area contributed by atoms with E-state index in [0.717, 1.165) is 5.56 Å². The lowest BCUT2D eigenvalue weighted by Gasteiger charge is -2.17. The van der Waals surface area contributed by atoms with Crippen molar-refractivity contribution in [3.63, 3.8) is 0 Å². The van der Waals surface area contributed by atoms with E-state index < -0.39 is 0 Å². The summed E-state index contributed by atoms with van der Waals surface area (Å²) in [5.41, 5.74) is 1.46. The molecule has 112 valence electrons. The maximum Gasteiger partial charge on any atom is 0.332 e. The minimum absolute atomic E-state index is 0.0458. The predicted molar refractivity (Wildman–Crippen MR) is 86.2 cm³/mol. The topological polar surface area (TPSA) is 40.6 Å². The largest absolute Gasteiger partial charge is 0.332 e. The number of hydrogen-bond acceptors (Lipinski definition) is 2. The summed E-state index contributed by atoms with van der Waals surface area (Å²) in [6, 6.07) is 13.8. The van der Waals surface area contributed by atoms with Crippen LogP contribution in [0, 0.1) is 0 Å². The molecule has 3 rings (SSSR count). The molecule has 1 saturated heterocycles. The zero-order chi connectivity index (χ0) is 15.7. The van der Waals surface area contributed by atoms with Gasteiger partial charge in [-0.25, -0.2) is 4.79 Å². The highest BCUT2D eigenvalue weighted by atomic mass is 35.5. The fourth-order valence-corrected chi connectivity index (χ4v) is 2.65. The molecule has 0 unspecified atom stereocenters. The molecule has 1 aliphatic rings. The number of benzene rings is 2. The molecule has 0 spiro atoms. The average Bonchev–Trinajstić information content (AvgIpc) is 2.80. The second kappa shape index (κ2) is 5.99. The van der Waals surface area contributed by atoms with Crippen molar-refractivity contribution in [1.29, 1.82) is 0 Å². The van der Waals surface area contributed by atoms with Gasteiger partial charge in [-0.15, -0.1) is 0 Å². The molecule has 0 bridgehead atoms. The van der Waals surface area contributed by atoms with Gasteiger partial charge in [0.05, 0.1) is 16.6 Å². The fraction of sp³-hybridized carbons (Fsp3) is 0.125. The SMILES string of the molecule is O=C1CN(c2ccccc2)C(=O)N1Cc1ccc(Cl)c(Cl)c1. The molecule has 2 aromatic carbocycles. The summed E-state index contributed by atoms with van der Waals surface area (Å²) in [5.74, 6) is -0.236. The van der Waals surface area contributed by atoms with Crippen LogP contribution in [0.1, 0.15) is 5.56 Å². The number of urea groups is 1. The number of amides is 3. The van der Waals surface area contributed by atoms with E-state index in [1.165, 1.54) is 9.80 Å². The highest BCUT2D eigenvalue weighted by Gasteiger charge is 2.36. The maximum absolute atomic E-state index is 12.4. The summed E-state index contributed by atoms with van der Waals surface area (Å²) in [4.78, 5) is 27.2. The Morgan fingerprint density at radius 2 is 1.68 bits per heavy atom. The van der Waals surface area contributed by atoms with Gasteiger partial charge in [0.2, 0.25) is 0 Å². The molecule has 0 aliphatic carbocycles. The summed E-state index contributed by atoms with van der Waals surface area (Å²) in [7, 11) is 0. The van der Waals surface area contributed by atoms with Crippen molar-refractivity contribution in [3.05, 3.63) is 64.1 Å². The molecule has 0 N–H and O–H groups in total. The maximum atomic E-state index is 12.4. The summed E-state index contributed by atoms with van der Waals surface area (Å²) in [5, 5.41) is 0.841. The molecule has 1 heterocycles. The van der Waals surface area contributed by atoms with Crippen LogP contribution >= 0.6 is 23.2 Å². The van der Waals surface area contributed by atoms with Gasteiger partial charge in [-0.2, -0.15) is 0 Å². The van der Waals surface area contributed by atoms with E-state index >= 15 is 0 Å². The van der Waals surface area contributed by atoms with E-state index in [1.54, 1.807) is 30.3 Å². The molecule has 1 fully saturated rings.